The lowest BCUT2D eigenvalue weighted by Crippen LogP contribution is -2.25. The summed E-state index contributed by atoms with van der Waals surface area (Å²) in [6.45, 7) is 9.94. The van der Waals surface area contributed by atoms with Crippen molar-refractivity contribution in [2.75, 3.05) is 5.32 Å². The van der Waals surface area contributed by atoms with Gasteiger partial charge in [-0.05, 0) is 40.7 Å². The van der Waals surface area contributed by atoms with Crippen molar-refractivity contribution < 1.29 is 4.79 Å². The van der Waals surface area contributed by atoms with E-state index in [1.54, 1.807) is 16.9 Å². The van der Waals surface area contributed by atoms with E-state index in [2.05, 4.69) is 16.5 Å². The van der Waals surface area contributed by atoms with Crippen LogP contribution in [0.4, 0.5) is 5.82 Å². The predicted octanol–water partition coefficient (Wildman–Crippen LogP) is 2.65. The molecule has 2 aromatic rings. The molecule has 0 aliphatic heterocycles. The fraction of sp³-hybridized carbons (Fsp3) is 0.471. The Bertz CT molecular complexity index is 783. The molecule has 0 aliphatic carbocycles. The molecule has 2 rings (SSSR count). The molecule has 6 heteroatoms. The second-order valence-electron chi connectivity index (χ2n) is 6.76. The number of carbonyl (C=O) groups is 1. The molecule has 0 spiro atoms. The topological polar surface area (TPSA) is 75.6 Å². The van der Waals surface area contributed by atoms with Crippen molar-refractivity contribution in [3.8, 4) is 6.07 Å². The second kappa shape index (κ2) is 5.92. The summed E-state index contributed by atoms with van der Waals surface area (Å²) in [5.41, 5.74) is 3.10. The van der Waals surface area contributed by atoms with E-state index in [4.69, 9.17) is 5.26 Å². The normalized spacial score (nSPS) is 11.3. The minimum absolute atomic E-state index is 0.114. The van der Waals surface area contributed by atoms with Gasteiger partial charge in [0.1, 0.15) is 11.9 Å². The van der Waals surface area contributed by atoms with E-state index in [1.165, 1.54) is 0 Å². The molecule has 0 atom stereocenters. The Morgan fingerprint density at radius 2 is 2.04 bits per heavy atom. The van der Waals surface area contributed by atoms with Crippen LogP contribution in [-0.4, -0.2) is 20.3 Å². The summed E-state index contributed by atoms with van der Waals surface area (Å²) in [7, 11) is 1.87. The SMILES string of the molecule is Cc1nn(C)c(C)c1CC(=O)Nc1cc(C#N)cn1C(C)(C)C. The average molecular weight is 313 g/mol. The Morgan fingerprint density at radius 3 is 2.52 bits per heavy atom. The van der Waals surface area contributed by atoms with Gasteiger partial charge < -0.3 is 9.88 Å². The molecule has 0 radical (unpaired) electrons. The van der Waals surface area contributed by atoms with Gasteiger partial charge in [0.15, 0.2) is 0 Å². The standard InChI is InChI=1S/C17H23N5O/c1-11-14(12(2)21(6)20-11)8-16(23)19-15-7-13(9-18)10-22(15)17(3,4)5/h7,10H,8H2,1-6H3,(H,19,23). The third kappa shape index (κ3) is 3.45. The molecule has 0 aromatic carbocycles. The average Bonchev–Trinajstić information content (AvgIpc) is 2.95. The monoisotopic (exact) mass is 313 g/mol. The number of aryl methyl sites for hydroxylation is 2. The van der Waals surface area contributed by atoms with Crippen LogP contribution < -0.4 is 5.32 Å². The molecule has 6 nitrogen and oxygen atoms in total. The first-order chi connectivity index (χ1) is 10.6. The minimum Gasteiger partial charge on any atom is -0.328 e. The van der Waals surface area contributed by atoms with Gasteiger partial charge in [0.25, 0.3) is 0 Å². The summed E-state index contributed by atoms with van der Waals surface area (Å²) in [6.07, 6.45) is 2.03. The van der Waals surface area contributed by atoms with Crippen LogP contribution in [0.25, 0.3) is 0 Å². The summed E-state index contributed by atoms with van der Waals surface area (Å²) in [4.78, 5) is 12.4. The maximum absolute atomic E-state index is 12.4. The number of rotatable bonds is 3. The molecule has 2 aromatic heterocycles. The van der Waals surface area contributed by atoms with Crippen molar-refractivity contribution in [1.29, 1.82) is 5.26 Å². The van der Waals surface area contributed by atoms with Crippen molar-refractivity contribution in [3.63, 3.8) is 0 Å². The van der Waals surface area contributed by atoms with Gasteiger partial charge in [-0.25, -0.2) is 0 Å². The number of nitriles is 1. The highest BCUT2D eigenvalue weighted by Crippen LogP contribution is 2.24. The Morgan fingerprint density at radius 1 is 1.39 bits per heavy atom. The zero-order valence-corrected chi connectivity index (χ0v) is 14.6. The number of anilines is 1. The van der Waals surface area contributed by atoms with Crippen LogP contribution in [-0.2, 0) is 23.8 Å². The van der Waals surface area contributed by atoms with Crippen LogP contribution in [0.15, 0.2) is 12.3 Å². The van der Waals surface area contributed by atoms with Crippen LogP contribution in [0.2, 0.25) is 0 Å². The van der Waals surface area contributed by atoms with Crippen LogP contribution in [0, 0.1) is 25.2 Å². The first-order valence-electron chi connectivity index (χ1n) is 7.55. The van der Waals surface area contributed by atoms with Crippen LogP contribution in [0.3, 0.4) is 0 Å². The lowest BCUT2D eigenvalue weighted by Gasteiger charge is -2.24. The maximum atomic E-state index is 12.4. The molecule has 1 amide bonds. The maximum Gasteiger partial charge on any atom is 0.230 e. The van der Waals surface area contributed by atoms with E-state index in [0.717, 1.165) is 17.0 Å². The largest absolute Gasteiger partial charge is 0.328 e. The number of nitrogens with zero attached hydrogens (tertiary/aromatic N) is 4. The number of aromatic nitrogens is 3. The molecular weight excluding hydrogens is 290 g/mol. The molecule has 0 saturated carbocycles. The molecule has 0 fully saturated rings. The first kappa shape index (κ1) is 16.8. The lowest BCUT2D eigenvalue weighted by atomic mass is 10.1. The van der Waals surface area contributed by atoms with Gasteiger partial charge in [-0.15, -0.1) is 0 Å². The predicted molar refractivity (Wildman–Crippen MR) is 89.2 cm³/mol. The van der Waals surface area contributed by atoms with Crippen LogP contribution >= 0.6 is 0 Å². The smallest absolute Gasteiger partial charge is 0.230 e. The van der Waals surface area contributed by atoms with Gasteiger partial charge in [-0.3, -0.25) is 9.48 Å². The van der Waals surface area contributed by atoms with E-state index in [1.807, 2.05) is 46.2 Å². The molecule has 122 valence electrons. The van der Waals surface area contributed by atoms with Crippen LogP contribution in [0.5, 0.6) is 0 Å². The summed E-state index contributed by atoms with van der Waals surface area (Å²) in [5.74, 6) is 0.524. The Hall–Kier alpha value is -2.55. The Kier molecular flexibility index (Phi) is 4.33. The number of hydrogen-bond acceptors (Lipinski definition) is 3. The van der Waals surface area contributed by atoms with E-state index >= 15 is 0 Å². The van der Waals surface area contributed by atoms with E-state index in [9.17, 15) is 4.79 Å². The molecule has 1 N–H and O–H groups in total. The van der Waals surface area contributed by atoms with Gasteiger partial charge in [0.2, 0.25) is 5.91 Å². The number of nitrogens with one attached hydrogen (secondary N) is 1. The highest BCUT2D eigenvalue weighted by atomic mass is 16.1. The Labute approximate surface area is 136 Å². The van der Waals surface area contributed by atoms with E-state index in [-0.39, 0.29) is 17.9 Å². The number of carbonyl (C=O) groups excluding carboxylic acids is 1. The lowest BCUT2D eigenvalue weighted by molar-refractivity contribution is -0.115. The van der Waals surface area contributed by atoms with Crippen molar-refractivity contribution >= 4 is 11.7 Å². The summed E-state index contributed by atoms with van der Waals surface area (Å²) >= 11 is 0. The van der Waals surface area contributed by atoms with Crippen molar-refractivity contribution in [2.24, 2.45) is 7.05 Å². The zero-order valence-electron chi connectivity index (χ0n) is 14.6. The molecule has 2 heterocycles. The zero-order chi connectivity index (χ0) is 17.4. The molecule has 0 bridgehead atoms. The second-order valence-corrected chi connectivity index (χ2v) is 6.76. The summed E-state index contributed by atoms with van der Waals surface area (Å²) in [6, 6.07) is 3.82. The van der Waals surface area contributed by atoms with E-state index < -0.39 is 0 Å². The van der Waals surface area contributed by atoms with Gasteiger partial charge in [-0.2, -0.15) is 10.4 Å². The third-order valence-electron chi connectivity index (χ3n) is 3.94. The Balaban J connectivity index is 2.24. The molecule has 0 saturated heterocycles. The fourth-order valence-electron chi connectivity index (χ4n) is 2.60. The first-order valence-corrected chi connectivity index (χ1v) is 7.55. The third-order valence-corrected chi connectivity index (χ3v) is 3.94. The van der Waals surface area contributed by atoms with E-state index in [0.29, 0.717) is 11.4 Å². The minimum atomic E-state index is -0.224. The van der Waals surface area contributed by atoms with Gasteiger partial charge in [-0.1, -0.05) is 0 Å². The summed E-state index contributed by atoms with van der Waals surface area (Å²) < 4.78 is 3.69. The number of hydrogen-bond donors (Lipinski definition) is 1. The van der Waals surface area contributed by atoms with Gasteiger partial charge in [0.05, 0.1) is 17.7 Å². The van der Waals surface area contributed by atoms with Crippen LogP contribution in [0.1, 0.15) is 43.3 Å². The highest BCUT2D eigenvalue weighted by molar-refractivity contribution is 5.92. The summed E-state index contributed by atoms with van der Waals surface area (Å²) in [5, 5.41) is 16.4. The van der Waals surface area contributed by atoms with Gasteiger partial charge in [0, 0.05) is 30.0 Å². The molecule has 0 unspecified atom stereocenters. The van der Waals surface area contributed by atoms with Crippen molar-refractivity contribution in [3.05, 3.63) is 34.8 Å². The fourth-order valence-corrected chi connectivity index (χ4v) is 2.60. The molecule has 23 heavy (non-hydrogen) atoms. The van der Waals surface area contributed by atoms with Crippen molar-refractivity contribution in [2.45, 2.75) is 46.6 Å². The number of amides is 1. The quantitative estimate of drug-likeness (QED) is 0.946. The van der Waals surface area contributed by atoms with Gasteiger partial charge >= 0.3 is 0 Å². The van der Waals surface area contributed by atoms with Crippen molar-refractivity contribution in [1.82, 2.24) is 14.3 Å². The highest BCUT2D eigenvalue weighted by Gasteiger charge is 2.20. The molecule has 0 aliphatic rings. The molecular formula is C17H23N5O.